The second-order valence-electron chi connectivity index (χ2n) is 6.49. The Balaban J connectivity index is 1.72. The Morgan fingerprint density at radius 2 is 2.04 bits per heavy atom. The van der Waals surface area contributed by atoms with Crippen LogP contribution in [0.15, 0.2) is 36.1 Å². The lowest BCUT2D eigenvalue weighted by atomic mass is 9.79. The van der Waals surface area contributed by atoms with Gasteiger partial charge in [-0.2, -0.15) is 0 Å². The lowest BCUT2D eigenvalue weighted by Gasteiger charge is -2.36. The van der Waals surface area contributed by atoms with Crippen LogP contribution in [-0.2, 0) is 35.0 Å². The molecule has 4 unspecified atom stereocenters. The SMILES string of the molecule is COC(=O)C1=COC(O)C2C(OCCc3ccc(O)cc3)COC(=O)CC12. The molecule has 1 aromatic carbocycles. The van der Waals surface area contributed by atoms with E-state index in [0.717, 1.165) is 11.8 Å². The first-order valence-corrected chi connectivity index (χ1v) is 8.66. The van der Waals surface area contributed by atoms with Gasteiger partial charge in [0.15, 0.2) is 0 Å². The van der Waals surface area contributed by atoms with Gasteiger partial charge in [0.05, 0.1) is 37.9 Å². The summed E-state index contributed by atoms with van der Waals surface area (Å²) in [6, 6.07) is 6.74. The van der Waals surface area contributed by atoms with E-state index in [1.165, 1.54) is 7.11 Å². The van der Waals surface area contributed by atoms with Gasteiger partial charge in [-0.05, 0) is 24.1 Å². The van der Waals surface area contributed by atoms with Crippen molar-refractivity contribution in [3.63, 3.8) is 0 Å². The molecule has 146 valence electrons. The molecule has 2 aliphatic heterocycles. The molecule has 1 aromatic rings. The number of carbonyl (C=O) groups excluding carboxylic acids is 2. The lowest BCUT2D eigenvalue weighted by Crippen LogP contribution is -2.45. The Morgan fingerprint density at radius 3 is 2.74 bits per heavy atom. The van der Waals surface area contributed by atoms with Crippen LogP contribution in [0.2, 0.25) is 0 Å². The first-order valence-electron chi connectivity index (χ1n) is 8.66. The summed E-state index contributed by atoms with van der Waals surface area (Å²) < 4.78 is 21.0. The highest BCUT2D eigenvalue weighted by Gasteiger charge is 2.47. The number of hydrogen-bond acceptors (Lipinski definition) is 8. The van der Waals surface area contributed by atoms with Crippen molar-refractivity contribution in [2.75, 3.05) is 20.3 Å². The van der Waals surface area contributed by atoms with Crippen LogP contribution in [0.5, 0.6) is 5.75 Å². The maximum absolute atomic E-state index is 12.0. The highest BCUT2D eigenvalue weighted by Crippen LogP contribution is 2.38. The number of aliphatic hydroxyl groups is 1. The number of hydrogen-bond donors (Lipinski definition) is 2. The number of esters is 2. The Hall–Kier alpha value is -2.58. The minimum Gasteiger partial charge on any atom is -0.508 e. The molecule has 8 heteroatoms. The Kier molecular flexibility index (Phi) is 5.98. The first kappa shape index (κ1) is 19.2. The summed E-state index contributed by atoms with van der Waals surface area (Å²) in [4.78, 5) is 24.0. The first-order chi connectivity index (χ1) is 13.0. The highest BCUT2D eigenvalue weighted by molar-refractivity contribution is 5.90. The molecule has 1 fully saturated rings. The zero-order valence-corrected chi connectivity index (χ0v) is 14.9. The van der Waals surface area contributed by atoms with E-state index in [4.69, 9.17) is 18.9 Å². The van der Waals surface area contributed by atoms with Crippen molar-refractivity contribution in [2.24, 2.45) is 11.8 Å². The Labute approximate surface area is 156 Å². The van der Waals surface area contributed by atoms with Crippen LogP contribution >= 0.6 is 0 Å². The molecule has 0 spiro atoms. The van der Waals surface area contributed by atoms with E-state index in [1.54, 1.807) is 24.3 Å². The molecule has 0 radical (unpaired) electrons. The van der Waals surface area contributed by atoms with Gasteiger partial charge in [-0.3, -0.25) is 4.79 Å². The van der Waals surface area contributed by atoms with E-state index in [9.17, 15) is 19.8 Å². The molecular formula is C19H22O8. The summed E-state index contributed by atoms with van der Waals surface area (Å²) in [5.41, 5.74) is 1.14. The summed E-state index contributed by atoms with van der Waals surface area (Å²) in [6.07, 6.45) is -0.217. The summed E-state index contributed by atoms with van der Waals surface area (Å²) in [7, 11) is 1.24. The number of benzene rings is 1. The predicted octanol–water partition coefficient (Wildman–Crippen LogP) is 0.905. The largest absolute Gasteiger partial charge is 0.508 e. The van der Waals surface area contributed by atoms with E-state index in [0.29, 0.717) is 13.0 Å². The average molecular weight is 378 g/mol. The monoisotopic (exact) mass is 378 g/mol. The van der Waals surface area contributed by atoms with Gasteiger partial charge in [0, 0.05) is 5.92 Å². The average Bonchev–Trinajstić information content (AvgIpc) is 2.82. The molecule has 0 aromatic heterocycles. The number of phenols is 1. The van der Waals surface area contributed by atoms with Crippen molar-refractivity contribution in [3.05, 3.63) is 41.7 Å². The number of ether oxygens (including phenoxy) is 4. The lowest BCUT2D eigenvalue weighted by molar-refractivity contribution is -0.169. The highest BCUT2D eigenvalue weighted by atomic mass is 16.6. The third-order valence-electron chi connectivity index (χ3n) is 4.83. The summed E-state index contributed by atoms with van der Waals surface area (Å²) >= 11 is 0. The fourth-order valence-electron chi connectivity index (χ4n) is 3.41. The standard InChI is InChI=1S/C19H22O8/c1-24-18(22)14-9-27-19(23)17-13(14)8-16(21)26-10-15(17)25-7-6-11-2-4-12(20)5-3-11/h2-5,9,13,15,17,19-20,23H,6-8,10H2,1H3. The molecular weight excluding hydrogens is 356 g/mol. The van der Waals surface area contributed by atoms with Gasteiger partial charge in [-0.15, -0.1) is 0 Å². The van der Waals surface area contributed by atoms with Gasteiger partial charge >= 0.3 is 11.9 Å². The van der Waals surface area contributed by atoms with Crippen LogP contribution in [0.25, 0.3) is 0 Å². The second-order valence-corrected chi connectivity index (χ2v) is 6.49. The predicted molar refractivity (Wildman–Crippen MR) is 91.3 cm³/mol. The maximum Gasteiger partial charge on any atom is 0.337 e. The van der Waals surface area contributed by atoms with Gasteiger partial charge in [0.1, 0.15) is 18.5 Å². The van der Waals surface area contributed by atoms with Crippen LogP contribution in [-0.4, -0.2) is 54.9 Å². The molecule has 0 aliphatic carbocycles. The van der Waals surface area contributed by atoms with Crippen molar-refractivity contribution >= 4 is 11.9 Å². The van der Waals surface area contributed by atoms with Crippen molar-refractivity contribution in [2.45, 2.75) is 25.2 Å². The van der Waals surface area contributed by atoms with Gasteiger partial charge in [-0.1, -0.05) is 12.1 Å². The zero-order valence-electron chi connectivity index (χ0n) is 14.9. The molecule has 8 nitrogen and oxygen atoms in total. The molecule has 3 rings (SSSR count). The molecule has 2 aliphatic rings. The number of cyclic esters (lactones) is 1. The molecule has 2 heterocycles. The smallest absolute Gasteiger partial charge is 0.337 e. The fourth-order valence-corrected chi connectivity index (χ4v) is 3.41. The fraction of sp³-hybridized carbons (Fsp3) is 0.474. The van der Waals surface area contributed by atoms with Crippen molar-refractivity contribution in [1.82, 2.24) is 0 Å². The van der Waals surface area contributed by atoms with Crippen molar-refractivity contribution in [1.29, 1.82) is 0 Å². The Bertz CT molecular complexity index is 711. The third-order valence-corrected chi connectivity index (χ3v) is 4.83. The Morgan fingerprint density at radius 1 is 1.30 bits per heavy atom. The van der Waals surface area contributed by atoms with Crippen molar-refractivity contribution in [3.8, 4) is 5.75 Å². The van der Waals surface area contributed by atoms with Gasteiger partial charge < -0.3 is 29.2 Å². The second kappa shape index (κ2) is 8.41. The molecule has 27 heavy (non-hydrogen) atoms. The topological polar surface area (TPSA) is 112 Å². The van der Waals surface area contributed by atoms with Gasteiger partial charge in [-0.25, -0.2) is 4.79 Å². The number of rotatable bonds is 5. The van der Waals surface area contributed by atoms with E-state index in [-0.39, 0.29) is 24.4 Å². The van der Waals surface area contributed by atoms with E-state index in [1.807, 2.05) is 0 Å². The van der Waals surface area contributed by atoms with Crippen LogP contribution in [0, 0.1) is 11.8 Å². The van der Waals surface area contributed by atoms with Gasteiger partial charge in [0.25, 0.3) is 0 Å². The van der Waals surface area contributed by atoms with E-state index in [2.05, 4.69) is 0 Å². The number of aromatic hydroxyl groups is 1. The molecule has 0 saturated carbocycles. The summed E-state index contributed by atoms with van der Waals surface area (Å²) in [6.45, 7) is 0.269. The quantitative estimate of drug-likeness (QED) is 0.727. The summed E-state index contributed by atoms with van der Waals surface area (Å²) in [5, 5.41) is 19.6. The number of aliphatic hydroxyl groups excluding tert-OH is 1. The van der Waals surface area contributed by atoms with Crippen LogP contribution in [0.1, 0.15) is 12.0 Å². The number of fused-ring (bicyclic) bond motifs is 1. The molecule has 1 saturated heterocycles. The van der Waals surface area contributed by atoms with Crippen LogP contribution in [0.4, 0.5) is 0 Å². The zero-order chi connectivity index (χ0) is 19.4. The van der Waals surface area contributed by atoms with Crippen LogP contribution < -0.4 is 0 Å². The normalized spacial score (nSPS) is 27.5. The molecule has 0 bridgehead atoms. The van der Waals surface area contributed by atoms with Crippen LogP contribution in [0.3, 0.4) is 0 Å². The van der Waals surface area contributed by atoms with Gasteiger partial charge in [0.2, 0.25) is 6.29 Å². The number of carbonyl (C=O) groups is 2. The molecule has 2 N–H and O–H groups in total. The number of phenolic OH excluding ortho intramolecular Hbond substituents is 1. The maximum atomic E-state index is 12.0. The third kappa shape index (κ3) is 4.40. The minimum atomic E-state index is -1.23. The molecule has 0 amide bonds. The summed E-state index contributed by atoms with van der Waals surface area (Å²) in [5.74, 6) is -2.17. The molecule has 4 atom stereocenters. The number of methoxy groups -OCH3 is 1. The van der Waals surface area contributed by atoms with Crippen molar-refractivity contribution < 1.29 is 38.7 Å². The minimum absolute atomic E-state index is 0.0373. The van der Waals surface area contributed by atoms with E-state index >= 15 is 0 Å². The van der Waals surface area contributed by atoms with E-state index < -0.39 is 36.2 Å².